The van der Waals surface area contributed by atoms with Crippen LogP contribution in [0.1, 0.15) is 10.5 Å². The summed E-state index contributed by atoms with van der Waals surface area (Å²) in [5, 5.41) is 2.83. The van der Waals surface area contributed by atoms with Gasteiger partial charge in [0.1, 0.15) is 17.8 Å². The molecule has 0 saturated carbocycles. The Balaban J connectivity index is 1.48. The monoisotopic (exact) mass is 341 g/mol. The highest BCUT2D eigenvalue weighted by atomic mass is 16.7. The molecular weight excluding hydrogens is 322 g/mol. The van der Waals surface area contributed by atoms with Crippen LogP contribution in [0.3, 0.4) is 0 Å². The van der Waals surface area contributed by atoms with Crippen LogP contribution in [0, 0.1) is 0 Å². The third-order valence-electron chi connectivity index (χ3n) is 4.34. The van der Waals surface area contributed by atoms with E-state index in [1.165, 1.54) is 6.33 Å². The van der Waals surface area contributed by atoms with Crippen LogP contribution in [-0.2, 0) is 0 Å². The average molecular weight is 341 g/mol. The summed E-state index contributed by atoms with van der Waals surface area (Å²) in [5.74, 6) is 1.80. The predicted octanol–water partition coefficient (Wildman–Crippen LogP) is 1.21. The summed E-state index contributed by atoms with van der Waals surface area (Å²) < 4.78 is 10.6. The largest absolute Gasteiger partial charge is 0.454 e. The number of anilines is 2. The zero-order valence-corrected chi connectivity index (χ0v) is 13.9. The summed E-state index contributed by atoms with van der Waals surface area (Å²) in [6, 6.07) is 7.01. The summed E-state index contributed by atoms with van der Waals surface area (Å²) >= 11 is 0. The molecule has 0 atom stereocenters. The van der Waals surface area contributed by atoms with Gasteiger partial charge in [0, 0.05) is 44.0 Å². The van der Waals surface area contributed by atoms with Gasteiger partial charge in [0.05, 0.1) is 0 Å². The Morgan fingerprint density at radius 2 is 1.88 bits per heavy atom. The lowest BCUT2D eigenvalue weighted by Crippen LogP contribution is -2.44. The van der Waals surface area contributed by atoms with Crippen LogP contribution in [0.2, 0.25) is 0 Å². The van der Waals surface area contributed by atoms with Gasteiger partial charge >= 0.3 is 0 Å². The number of hydrogen-bond acceptors (Lipinski definition) is 7. The lowest BCUT2D eigenvalue weighted by atomic mass is 10.2. The van der Waals surface area contributed by atoms with Crippen molar-refractivity contribution < 1.29 is 14.3 Å². The van der Waals surface area contributed by atoms with Crippen LogP contribution < -0.4 is 19.7 Å². The third kappa shape index (κ3) is 3.34. The van der Waals surface area contributed by atoms with E-state index < -0.39 is 0 Å². The molecule has 4 rings (SSSR count). The molecule has 1 saturated heterocycles. The van der Waals surface area contributed by atoms with Gasteiger partial charge in [0.25, 0.3) is 5.91 Å². The number of carbonyl (C=O) groups is 1. The Labute approximate surface area is 145 Å². The van der Waals surface area contributed by atoms with Crippen molar-refractivity contribution in [3.63, 3.8) is 0 Å². The average Bonchev–Trinajstić information content (AvgIpc) is 3.10. The first kappa shape index (κ1) is 15.6. The topological polar surface area (TPSA) is 79.8 Å². The quantitative estimate of drug-likeness (QED) is 0.899. The molecule has 0 spiro atoms. The Bertz CT molecular complexity index is 790. The van der Waals surface area contributed by atoms with Gasteiger partial charge in [-0.25, -0.2) is 9.97 Å². The van der Waals surface area contributed by atoms with Crippen LogP contribution in [0.5, 0.6) is 11.5 Å². The summed E-state index contributed by atoms with van der Waals surface area (Å²) in [6.07, 6.45) is 1.43. The van der Waals surface area contributed by atoms with Gasteiger partial charge < -0.3 is 24.6 Å². The maximum atomic E-state index is 12.5. The number of fused-ring (bicyclic) bond motifs is 1. The van der Waals surface area contributed by atoms with Crippen molar-refractivity contribution in [2.45, 2.75) is 0 Å². The predicted molar refractivity (Wildman–Crippen MR) is 92.3 cm³/mol. The molecule has 0 radical (unpaired) electrons. The first-order chi connectivity index (χ1) is 12.2. The first-order valence-electron chi connectivity index (χ1n) is 8.15. The summed E-state index contributed by atoms with van der Waals surface area (Å²) in [6.45, 7) is 3.92. The molecule has 0 aliphatic carbocycles. The molecule has 1 aromatic heterocycles. The fraction of sp³-hybridized carbons (Fsp3) is 0.353. The zero-order valence-electron chi connectivity index (χ0n) is 13.9. The molecule has 8 heteroatoms. The highest BCUT2D eigenvalue weighted by Crippen LogP contribution is 2.34. The molecule has 1 fully saturated rings. The van der Waals surface area contributed by atoms with E-state index in [4.69, 9.17) is 9.47 Å². The number of aromatic nitrogens is 2. The number of piperazine rings is 1. The van der Waals surface area contributed by atoms with Gasteiger partial charge in [-0.3, -0.25) is 4.79 Å². The van der Waals surface area contributed by atoms with Gasteiger partial charge in [-0.15, -0.1) is 0 Å². The Hall–Kier alpha value is -2.87. The normalized spacial score (nSPS) is 16.8. The highest BCUT2D eigenvalue weighted by Gasteiger charge is 2.18. The van der Waals surface area contributed by atoms with Gasteiger partial charge in [0.2, 0.25) is 6.79 Å². The third-order valence-corrected chi connectivity index (χ3v) is 4.34. The number of carbonyl (C=O) groups excluding carboxylic acids is 1. The van der Waals surface area contributed by atoms with Crippen LogP contribution in [0.15, 0.2) is 30.6 Å². The van der Waals surface area contributed by atoms with Crippen LogP contribution in [0.4, 0.5) is 11.5 Å². The Morgan fingerprint density at radius 1 is 1.08 bits per heavy atom. The number of nitrogens with zero attached hydrogens (tertiary/aromatic N) is 4. The van der Waals surface area contributed by atoms with Gasteiger partial charge in [-0.2, -0.15) is 0 Å². The molecule has 2 aliphatic heterocycles. The number of benzene rings is 1. The van der Waals surface area contributed by atoms with Crippen molar-refractivity contribution in [3.05, 3.63) is 36.3 Å². The van der Waals surface area contributed by atoms with Crippen LogP contribution >= 0.6 is 0 Å². The molecule has 130 valence electrons. The number of hydrogen-bond donors (Lipinski definition) is 1. The SMILES string of the molecule is CN1CCN(c2cc(C(=O)Nc3ccc4c(c3)OCO4)ncn2)CC1. The molecule has 3 heterocycles. The molecular formula is C17H19N5O3. The highest BCUT2D eigenvalue weighted by molar-refractivity contribution is 6.03. The zero-order chi connectivity index (χ0) is 17.2. The van der Waals surface area contributed by atoms with E-state index in [0.29, 0.717) is 22.9 Å². The second-order valence-corrected chi connectivity index (χ2v) is 6.07. The second kappa shape index (κ2) is 6.56. The number of amides is 1. The van der Waals surface area contributed by atoms with Crippen molar-refractivity contribution in [3.8, 4) is 11.5 Å². The summed E-state index contributed by atoms with van der Waals surface area (Å²) in [5.41, 5.74) is 0.968. The standard InChI is InChI=1S/C17H19N5O3/c1-21-4-6-22(7-5-21)16-9-13(18-10-19-16)17(23)20-12-2-3-14-15(8-12)25-11-24-14/h2-3,8-10H,4-7,11H2,1H3,(H,20,23). The van der Waals surface area contributed by atoms with Crippen molar-refractivity contribution in [2.75, 3.05) is 50.2 Å². The van der Waals surface area contributed by atoms with E-state index in [1.54, 1.807) is 24.3 Å². The number of likely N-dealkylation sites (N-methyl/N-ethyl adjacent to an activating group) is 1. The fourth-order valence-corrected chi connectivity index (χ4v) is 2.85. The van der Waals surface area contributed by atoms with E-state index in [-0.39, 0.29) is 12.7 Å². The van der Waals surface area contributed by atoms with E-state index >= 15 is 0 Å². The lowest BCUT2D eigenvalue weighted by molar-refractivity contribution is 0.102. The minimum atomic E-state index is -0.281. The van der Waals surface area contributed by atoms with E-state index in [2.05, 4.69) is 32.1 Å². The smallest absolute Gasteiger partial charge is 0.274 e. The lowest BCUT2D eigenvalue weighted by Gasteiger charge is -2.33. The van der Waals surface area contributed by atoms with Crippen molar-refractivity contribution in [1.29, 1.82) is 0 Å². The van der Waals surface area contributed by atoms with Gasteiger partial charge in [-0.05, 0) is 19.2 Å². The Kier molecular flexibility index (Phi) is 4.10. The summed E-state index contributed by atoms with van der Waals surface area (Å²) in [7, 11) is 2.10. The van der Waals surface area contributed by atoms with E-state index in [0.717, 1.165) is 32.0 Å². The first-order valence-corrected chi connectivity index (χ1v) is 8.15. The van der Waals surface area contributed by atoms with Crippen LogP contribution in [0.25, 0.3) is 0 Å². The number of ether oxygens (including phenoxy) is 2. The van der Waals surface area contributed by atoms with Crippen molar-refractivity contribution in [2.24, 2.45) is 0 Å². The molecule has 1 N–H and O–H groups in total. The van der Waals surface area contributed by atoms with Crippen LogP contribution in [-0.4, -0.2) is 60.8 Å². The van der Waals surface area contributed by atoms with Gasteiger partial charge in [0.15, 0.2) is 11.5 Å². The number of nitrogens with one attached hydrogen (secondary N) is 1. The minimum Gasteiger partial charge on any atom is -0.454 e. The van der Waals surface area contributed by atoms with Crippen molar-refractivity contribution >= 4 is 17.4 Å². The second-order valence-electron chi connectivity index (χ2n) is 6.07. The fourth-order valence-electron chi connectivity index (χ4n) is 2.85. The van der Waals surface area contributed by atoms with Crippen molar-refractivity contribution in [1.82, 2.24) is 14.9 Å². The molecule has 2 aromatic rings. The van der Waals surface area contributed by atoms with E-state index in [9.17, 15) is 4.79 Å². The van der Waals surface area contributed by atoms with Gasteiger partial charge in [-0.1, -0.05) is 0 Å². The number of rotatable bonds is 3. The van der Waals surface area contributed by atoms with E-state index in [1.807, 2.05) is 0 Å². The molecule has 0 bridgehead atoms. The Morgan fingerprint density at radius 3 is 2.72 bits per heavy atom. The molecule has 2 aliphatic rings. The molecule has 1 amide bonds. The maximum Gasteiger partial charge on any atom is 0.274 e. The summed E-state index contributed by atoms with van der Waals surface area (Å²) in [4.78, 5) is 25.3. The molecule has 1 aromatic carbocycles. The molecule has 25 heavy (non-hydrogen) atoms. The minimum absolute atomic E-state index is 0.201. The molecule has 8 nitrogen and oxygen atoms in total. The molecule has 0 unspecified atom stereocenters. The maximum absolute atomic E-state index is 12.5.